The summed E-state index contributed by atoms with van der Waals surface area (Å²) in [5, 5.41) is 40.0. The summed E-state index contributed by atoms with van der Waals surface area (Å²) >= 11 is 2.69. The Morgan fingerprint density at radius 2 is 1.68 bits per heavy atom. The van der Waals surface area contributed by atoms with Gasteiger partial charge in [0.05, 0.1) is 21.4 Å². The highest BCUT2D eigenvalue weighted by Gasteiger charge is 2.45. The number of esters is 1. The van der Waals surface area contributed by atoms with Gasteiger partial charge in [-0.05, 0) is 91.0 Å². The minimum atomic E-state index is -1.78. The second kappa shape index (κ2) is 16.7. The number of aromatic nitrogens is 1. The van der Waals surface area contributed by atoms with Crippen LogP contribution in [0.1, 0.15) is 52.7 Å². The number of benzene rings is 2. The zero-order valence-corrected chi connectivity index (χ0v) is 29.3. The van der Waals surface area contributed by atoms with Crippen molar-refractivity contribution >= 4 is 39.5 Å². The lowest BCUT2D eigenvalue weighted by atomic mass is 9.91. The van der Waals surface area contributed by atoms with Crippen molar-refractivity contribution in [2.45, 2.75) is 56.1 Å². The molecule has 3 aromatic heterocycles. The molecule has 5 N–H and O–H groups in total. The third-order valence-electron chi connectivity index (χ3n) is 9.16. The average Bonchev–Trinajstić information content (AvgIpc) is 3.86. The van der Waals surface area contributed by atoms with Crippen LogP contribution in [0.2, 0.25) is 0 Å². The van der Waals surface area contributed by atoms with E-state index in [9.17, 15) is 24.9 Å². The number of nitrogens with zero attached hydrogens (tertiary/aromatic N) is 1. The third-order valence-corrected chi connectivity index (χ3v) is 11.1. The Kier molecular flexibility index (Phi) is 12.4. The minimum absolute atomic E-state index is 0. The van der Waals surface area contributed by atoms with E-state index in [0.717, 1.165) is 43.5 Å². The van der Waals surface area contributed by atoms with Gasteiger partial charge in [-0.1, -0.05) is 30.3 Å². The van der Waals surface area contributed by atoms with E-state index >= 15 is 0 Å². The van der Waals surface area contributed by atoms with Gasteiger partial charge in [0.15, 0.2) is 0 Å². The van der Waals surface area contributed by atoms with Crippen molar-refractivity contribution in [3.63, 3.8) is 0 Å². The van der Waals surface area contributed by atoms with E-state index in [0.29, 0.717) is 52.0 Å². The van der Waals surface area contributed by atoms with Gasteiger partial charge in [-0.3, -0.25) is 9.50 Å². The van der Waals surface area contributed by atoms with Gasteiger partial charge in [0, 0.05) is 37.1 Å². The van der Waals surface area contributed by atoms with Crippen molar-refractivity contribution in [1.29, 1.82) is 0 Å². The molecule has 1 saturated carbocycles. The van der Waals surface area contributed by atoms with Gasteiger partial charge >= 0.3 is 5.97 Å². The Balaban J connectivity index is 0.00000486. The Labute approximate surface area is 297 Å². The number of fused-ring (bicyclic) bond motifs is 1. The summed E-state index contributed by atoms with van der Waals surface area (Å²) < 4.78 is 11.9. The molecule has 1 aliphatic rings. The number of H-pyrrole nitrogens is 1. The number of phenols is 1. The number of phenolic OH excluding ortho intramolecular Hbond substituents is 1. The predicted octanol–water partition coefficient (Wildman–Crippen LogP) is 5.43. The molecule has 13 heteroatoms. The second-order valence-corrected chi connectivity index (χ2v) is 14.3. The van der Waals surface area contributed by atoms with Crippen LogP contribution in [0, 0.1) is 0 Å². The molecule has 0 unspecified atom stereocenters. The lowest BCUT2D eigenvalue weighted by molar-refractivity contribution is -0.169. The van der Waals surface area contributed by atoms with Gasteiger partial charge in [0.1, 0.15) is 24.2 Å². The van der Waals surface area contributed by atoms with Crippen LogP contribution in [-0.4, -0.2) is 70.1 Å². The highest BCUT2D eigenvalue weighted by Crippen LogP contribution is 2.38. The maximum atomic E-state index is 13.3. The number of carbonyl (C=O) groups is 1. The first kappa shape index (κ1) is 37.2. The fourth-order valence-corrected chi connectivity index (χ4v) is 8.05. The van der Waals surface area contributed by atoms with Crippen LogP contribution < -0.4 is 15.6 Å². The van der Waals surface area contributed by atoms with Crippen molar-refractivity contribution in [2.75, 3.05) is 26.7 Å². The summed E-state index contributed by atoms with van der Waals surface area (Å²) in [6.07, 6.45) is 2.21. The normalized spacial score (nSPS) is 17.0. The Hall–Kier alpha value is -4.11. The van der Waals surface area contributed by atoms with Gasteiger partial charge in [0.25, 0.3) is 0 Å². The molecule has 10 nitrogen and oxygen atoms in total. The number of carbonyl (C=O) groups excluding carboxylic acids is 1. The number of halogens is 1. The molecule has 266 valence electrons. The zero-order chi connectivity index (χ0) is 34.4. The summed E-state index contributed by atoms with van der Waals surface area (Å²) in [6, 6.07) is 21.5. The number of rotatable bonds is 14. The molecule has 0 spiro atoms. The van der Waals surface area contributed by atoms with Crippen molar-refractivity contribution < 1.29 is 34.3 Å². The van der Waals surface area contributed by atoms with E-state index < -0.39 is 17.7 Å². The number of aromatic amines is 1. The largest absolute Gasteiger partial charge is 0.506 e. The third kappa shape index (κ3) is 8.43. The topological polar surface area (TPSA) is 144 Å². The van der Waals surface area contributed by atoms with Crippen LogP contribution in [0.3, 0.4) is 0 Å². The van der Waals surface area contributed by atoms with E-state index in [1.54, 1.807) is 24.3 Å². The molecule has 1 aliphatic carbocycles. The van der Waals surface area contributed by atoms with Crippen LogP contribution >= 0.6 is 22.7 Å². The number of nitrogens with one attached hydrogen (secondary N) is 2. The Bertz CT molecular complexity index is 1840. The molecule has 50 heavy (non-hydrogen) atoms. The minimum Gasteiger partial charge on any atom is -0.506 e. The maximum absolute atomic E-state index is 13.3. The lowest BCUT2D eigenvalue weighted by Gasteiger charge is -2.35. The highest BCUT2D eigenvalue weighted by atomic mass is 32.1. The number of aliphatic hydroxyl groups excluding tert-OH is 1. The standard InChI is InChI=1S/C37H41N3O7S2.FH/c1-40(25-8-12-27(13-9-25)47-36(44)37(45,32-4-2-20-48-32)33-5-3-21-49-33)18-19-46-26-10-6-24(7-11-26)22-38-23-31(42)28-14-16-30(41)35-29(28)15-17-34(43)39-35;/h2-7,10-11,14-17,20-21,25,27,31,38,41-42,45H,8-9,12-13,18-19,22-23H2,1H3,(H,39,43);1H/t25?,27?,31-;/m1./s1. The number of aromatic hydroxyl groups is 1. The first-order chi connectivity index (χ1) is 23.7. The summed E-state index contributed by atoms with van der Waals surface area (Å²) in [5.41, 5.74) is -0.125. The molecular weight excluding hydrogens is 682 g/mol. The molecule has 0 saturated heterocycles. The first-order valence-corrected chi connectivity index (χ1v) is 18.2. The number of ether oxygens (including phenoxy) is 2. The van der Waals surface area contributed by atoms with Gasteiger partial charge in [-0.15, -0.1) is 22.7 Å². The van der Waals surface area contributed by atoms with Crippen LogP contribution in [-0.2, 0) is 21.7 Å². The van der Waals surface area contributed by atoms with Crippen LogP contribution in [0.5, 0.6) is 11.5 Å². The fourth-order valence-electron chi connectivity index (χ4n) is 6.34. The first-order valence-electron chi connectivity index (χ1n) is 16.4. The van der Waals surface area contributed by atoms with Gasteiger partial charge in [-0.2, -0.15) is 0 Å². The molecule has 0 amide bonds. The molecule has 1 atom stereocenters. The van der Waals surface area contributed by atoms with Crippen molar-refractivity contribution in [2.24, 2.45) is 0 Å². The maximum Gasteiger partial charge on any atom is 0.349 e. The number of hydrogen-bond donors (Lipinski definition) is 5. The number of hydrogen-bond acceptors (Lipinski definition) is 11. The van der Waals surface area contributed by atoms with Crippen LogP contribution in [0.25, 0.3) is 10.9 Å². The predicted molar refractivity (Wildman–Crippen MR) is 194 cm³/mol. The quantitative estimate of drug-likeness (QED) is 0.0948. The molecule has 1 fully saturated rings. The number of aliphatic hydroxyl groups is 2. The molecule has 6 rings (SSSR count). The number of pyridine rings is 1. The van der Waals surface area contributed by atoms with Gasteiger partial charge in [-0.25, -0.2) is 4.79 Å². The van der Waals surface area contributed by atoms with E-state index in [4.69, 9.17) is 9.47 Å². The number of thiophene rings is 2. The molecule has 0 aliphatic heterocycles. The molecule has 2 aromatic carbocycles. The van der Waals surface area contributed by atoms with E-state index in [2.05, 4.69) is 22.2 Å². The zero-order valence-electron chi connectivity index (χ0n) is 27.6. The Morgan fingerprint density at radius 1 is 1.00 bits per heavy atom. The highest BCUT2D eigenvalue weighted by molar-refractivity contribution is 7.12. The average molecular weight is 724 g/mol. The van der Waals surface area contributed by atoms with E-state index in [1.165, 1.54) is 34.8 Å². The Morgan fingerprint density at radius 3 is 2.32 bits per heavy atom. The van der Waals surface area contributed by atoms with E-state index in [-0.39, 0.29) is 22.1 Å². The smallest absolute Gasteiger partial charge is 0.349 e. The second-order valence-electron chi connectivity index (χ2n) is 12.4. The number of likely N-dealkylation sites (N-methyl/N-ethyl adjacent to an activating group) is 1. The summed E-state index contributed by atoms with van der Waals surface area (Å²) in [6.45, 7) is 2.13. The summed E-state index contributed by atoms with van der Waals surface area (Å²) in [4.78, 5) is 31.0. The molecule has 3 heterocycles. The van der Waals surface area contributed by atoms with Crippen LogP contribution in [0.4, 0.5) is 4.70 Å². The van der Waals surface area contributed by atoms with Crippen molar-refractivity contribution in [3.8, 4) is 11.5 Å². The van der Waals surface area contributed by atoms with Gasteiger partial charge in [0.2, 0.25) is 11.2 Å². The van der Waals surface area contributed by atoms with E-state index in [1.807, 2.05) is 47.2 Å². The molecule has 0 radical (unpaired) electrons. The summed E-state index contributed by atoms with van der Waals surface area (Å²) in [5.74, 6) is 0.134. The summed E-state index contributed by atoms with van der Waals surface area (Å²) in [7, 11) is 2.09. The van der Waals surface area contributed by atoms with Crippen LogP contribution in [0.15, 0.2) is 88.4 Å². The van der Waals surface area contributed by atoms with Crippen molar-refractivity contribution in [3.05, 3.63) is 115 Å². The molecule has 5 aromatic rings. The lowest BCUT2D eigenvalue weighted by Crippen LogP contribution is -2.42. The molecule has 0 bridgehead atoms. The van der Waals surface area contributed by atoms with Gasteiger partial charge < -0.3 is 40.0 Å². The van der Waals surface area contributed by atoms with Crippen molar-refractivity contribution in [1.82, 2.24) is 15.2 Å². The monoisotopic (exact) mass is 723 g/mol. The SMILES string of the molecule is CN(CCOc1ccc(CNC[C@@H](O)c2ccc(O)c3[nH]c(=O)ccc23)cc1)C1CCC(OC(=O)C(O)(c2cccs2)c2cccs2)CC1.F. The molecular formula is C37H42FN3O7S2. The fraction of sp³-hybridized carbons (Fsp3) is 0.351.